The third-order valence-electron chi connectivity index (χ3n) is 4.94. The maximum atomic E-state index is 12.4. The van der Waals surface area contributed by atoms with E-state index in [0.29, 0.717) is 32.1 Å². The van der Waals surface area contributed by atoms with E-state index in [9.17, 15) is 4.79 Å². The fourth-order valence-electron chi connectivity index (χ4n) is 3.40. The lowest BCUT2D eigenvalue weighted by Gasteiger charge is -2.32. The van der Waals surface area contributed by atoms with Crippen LogP contribution in [0.1, 0.15) is 18.9 Å². The second-order valence-corrected chi connectivity index (χ2v) is 7.07. The summed E-state index contributed by atoms with van der Waals surface area (Å²) in [6.45, 7) is 5.10. The van der Waals surface area contributed by atoms with Gasteiger partial charge in [0.1, 0.15) is 5.82 Å². The van der Waals surface area contributed by atoms with Crippen LogP contribution < -0.4 is 16.4 Å². The van der Waals surface area contributed by atoms with E-state index in [1.807, 2.05) is 25.4 Å². The van der Waals surface area contributed by atoms with Gasteiger partial charge in [0, 0.05) is 37.4 Å². The molecule has 2 aromatic rings. The molecule has 1 fully saturated rings. The largest absolute Gasteiger partial charge is 0.394 e. The number of hydrogen-bond donors (Lipinski definition) is 3. The minimum absolute atomic E-state index is 0.0596. The van der Waals surface area contributed by atoms with Crippen LogP contribution in [0.15, 0.2) is 36.7 Å². The summed E-state index contributed by atoms with van der Waals surface area (Å²) in [4.78, 5) is 19.0. The number of carbonyl (C=O) groups is 1. The van der Waals surface area contributed by atoms with Crippen molar-refractivity contribution in [2.75, 3.05) is 45.2 Å². The van der Waals surface area contributed by atoms with E-state index in [4.69, 9.17) is 10.5 Å². The molecule has 0 unspecified atom stereocenters. The minimum atomic E-state index is -0.0596. The SMILES string of the molecule is CN/C=C(\CCN)c1ccc2cnc(NC(=O)CN3CCOC[C@@H]3C)cc2c1. The number of rotatable bonds is 7. The number of benzene rings is 1. The Labute approximate surface area is 165 Å². The van der Waals surface area contributed by atoms with E-state index >= 15 is 0 Å². The van der Waals surface area contributed by atoms with Gasteiger partial charge in [0.25, 0.3) is 0 Å². The standard InChI is InChI=1S/C21H29N5O2/c1-15-14-28-8-7-26(15)13-21(27)25-20-10-19-9-16(3-4-17(19)12-24-20)18(5-6-22)11-23-2/h3-4,9-12,15,23H,5-8,13-14,22H2,1-2H3,(H,24,25,27)/b18-11+/t15-/m0/s1. The summed E-state index contributed by atoms with van der Waals surface area (Å²) in [7, 11) is 1.88. The number of nitrogens with two attached hydrogens (primary N) is 1. The smallest absolute Gasteiger partial charge is 0.239 e. The molecule has 1 aliphatic rings. The molecule has 0 aliphatic carbocycles. The Morgan fingerprint density at radius 3 is 3.00 bits per heavy atom. The van der Waals surface area contributed by atoms with Crippen molar-refractivity contribution in [3.63, 3.8) is 0 Å². The maximum Gasteiger partial charge on any atom is 0.239 e. The van der Waals surface area contributed by atoms with Crippen LogP contribution in [0.3, 0.4) is 0 Å². The van der Waals surface area contributed by atoms with Gasteiger partial charge in [-0.2, -0.15) is 0 Å². The molecule has 28 heavy (non-hydrogen) atoms. The predicted octanol–water partition coefficient (Wildman–Crippen LogP) is 1.80. The summed E-state index contributed by atoms with van der Waals surface area (Å²) in [6.07, 6.45) is 4.55. The van der Waals surface area contributed by atoms with Crippen molar-refractivity contribution in [1.29, 1.82) is 0 Å². The number of pyridine rings is 1. The summed E-state index contributed by atoms with van der Waals surface area (Å²) in [5.74, 6) is 0.504. The Balaban J connectivity index is 1.75. The molecule has 150 valence electrons. The molecule has 3 rings (SSSR count). The monoisotopic (exact) mass is 383 g/mol. The second-order valence-electron chi connectivity index (χ2n) is 7.07. The molecule has 7 nitrogen and oxygen atoms in total. The van der Waals surface area contributed by atoms with Gasteiger partial charge >= 0.3 is 0 Å². The zero-order valence-electron chi connectivity index (χ0n) is 16.6. The van der Waals surface area contributed by atoms with Crippen LogP contribution >= 0.6 is 0 Å². The molecule has 1 amide bonds. The van der Waals surface area contributed by atoms with Crippen molar-refractivity contribution >= 4 is 28.1 Å². The number of amides is 1. The highest BCUT2D eigenvalue weighted by Gasteiger charge is 2.21. The molecular formula is C21H29N5O2. The minimum Gasteiger partial charge on any atom is -0.394 e. The highest BCUT2D eigenvalue weighted by atomic mass is 16.5. The van der Waals surface area contributed by atoms with Crippen LogP contribution in [0.2, 0.25) is 0 Å². The van der Waals surface area contributed by atoms with Gasteiger partial charge in [-0.1, -0.05) is 12.1 Å². The molecule has 0 radical (unpaired) electrons. The first-order valence-corrected chi connectivity index (χ1v) is 9.69. The molecule has 0 saturated carbocycles. The summed E-state index contributed by atoms with van der Waals surface area (Å²) in [6, 6.07) is 8.38. The van der Waals surface area contributed by atoms with E-state index in [2.05, 4.69) is 39.6 Å². The number of fused-ring (bicyclic) bond motifs is 1. The van der Waals surface area contributed by atoms with Gasteiger partial charge in [-0.15, -0.1) is 0 Å². The zero-order valence-corrected chi connectivity index (χ0v) is 16.6. The first-order chi connectivity index (χ1) is 13.6. The van der Waals surface area contributed by atoms with Crippen molar-refractivity contribution in [3.8, 4) is 0 Å². The number of anilines is 1. The number of carbonyl (C=O) groups excluding carboxylic acids is 1. The zero-order chi connectivity index (χ0) is 19.9. The molecule has 1 atom stereocenters. The van der Waals surface area contributed by atoms with Gasteiger partial charge in [0.2, 0.25) is 5.91 Å². The number of aromatic nitrogens is 1. The summed E-state index contributed by atoms with van der Waals surface area (Å²) < 4.78 is 5.42. The van der Waals surface area contributed by atoms with Crippen LogP contribution in [0.5, 0.6) is 0 Å². The van der Waals surface area contributed by atoms with E-state index in [1.165, 1.54) is 0 Å². The van der Waals surface area contributed by atoms with Crippen molar-refractivity contribution in [2.45, 2.75) is 19.4 Å². The van der Waals surface area contributed by atoms with E-state index in [-0.39, 0.29) is 11.9 Å². The highest BCUT2D eigenvalue weighted by Crippen LogP contribution is 2.24. The summed E-state index contributed by atoms with van der Waals surface area (Å²) in [5.41, 5.74) is 8.00. The van der Waals surface area contributed by atoms with E-state index in [0.717, 1.165) is 34.9 Å². The lowest BCUT2D eigenvalue weighted by atomic mass is 10.0. The maximum absolute atomic E-state index is 12.4. The lowest BCUT2D eigenvalue weighted by molar-refractivity contribution is -0.119. The Kier molecular flexibility index (Phi) is 6.97. The molecule has 7 heteroatoms. The second kappa shape index (κ2) is 9.64. The van der Waals surface area contributed by atoms with Crippen LogP contribution in [0.25, 0.3) is 16.3 Å². The Morgan fingerprint density at radius 2 is 2.25 bits per heavy atom. The topological polar surface area (TPSA) is 92.5 Å². The normalized spacial score (nSPS) is 18.2. The Bertz CT molecular complexity index is 852. The van der Waals surface area contributed by atoms with E-state index < -0.39 is 0 Å². The van der Waals surface area contributed by atoms with Crippen molar-refractivity contribution < 1.29 is 9.53 Å². The fraction of sp³-hybridized carbons (Fsp3) is 0.429. The molecule has 1 aromatic carbocycles. The number of morpholine rings is 1. The third kappa shape index (κ3) is 5.07. The van der Waals surface area contributed by atoms with Gasteiger partial charge in [-0.05, 0) is 48.5 Å². The van der Waals surface area contributed by atoms with Crippen LogP contribution in [0, 0.1) is 0 Å². The lowest BCUT2D eigenvalue weighted by Crippen LogP contribution is -2.47. The average Bonchev–Trinajstić information content (AvgIpc) is 2.69. The van der Waals surface area contributed by atoms with Crippen LogP contribution in [-0.2, 0) is 9.53 Å². The van der Waals surface area contributed by atoms with Gasteiger partial charge in [0.15, 0.2) is 0 Å². The fourth-order valence-corrected chi connectivity index (χ4v) is 3.40. The number of hydrogen-bond acceptors (Lipinski definition) is 6. The Morgan fingerprint density at radius 1 is 1.39 bits per heavy atom. The number of ether oxygens (including phenoxy) is 1. The van der Waals surface area contributed by atoms with Crippen LogP contribution in [-0.4, -0.2) is 61.7 Å². The van der Waals surface area contributed by atoms with Crippen LogP contribution in [0.4, 0.5) is 5.82 Å². The molecule has 2 heterocycles. The average molecular weight is 383 g/mol. The Hall–Kier alpha value is -2.48. The molecule has 0 spiro atoms. The predicted molar refractivity (Wildman–Crippen MR) is 113 cm³/mol. The van der Waals surface area contributed by atoms with Gasteiger partial charge in [-0.3, -0.25) is 9.69 Å². The number of nitrogens with one attached hydrogen (secondary N) is 2. The highest BCUT2D eigenvalue weighted by molar-refractivity contribution is 5.94. The molecule has 4 N–H and O–H groups in total. The van der Waals surface area contributed by atoms with Crippen molar-refractivity contribution in [1.82, 2.24) is 15.2 Å². The van der Waals surface area contributed by atoms with Gasteiger partial charge in [0.05, 0.1) is 19.8 Å². The first-order valence-electron chi connectivity index (χ1n) is 9.69. The molecular weight excluding hydrogens is 354 g/mol. The molecule has 1 aromatic heterocycles. The first kappa shape index (κ1) is 20.3. The van der Waals surface area contributed by atoms with E-state index in [1.54, 1.807) is 6.20 Å². The van der Waals surface area contributed by atoms with Crippen molar-refractivity contribution in [3.05, 3.63) is 42.2 Å². The summed E-state index contributed by atoms with van der Waals surface area (Å²) >= 11 is 0. The molecule has 1 aliphatic heterocycles. The van der Waals surface area contributed by atoms with Gasteiger partial charge < -0.3 is 21.1 Å². The molecule has 0 bridgehead atoms. The summed E-state index contributed by atoms with van der Waals surface area (Å²) in [5, 5.41) is 8.06. The molecule has 1 saturated heterocycles. The third-order valence-corrected chi connectivity index (χ3v) is 4.94. The number of nitrogens with zero attached hydrogens (tertiary/aromatic N) is 2. The quantitative estimate of drug-likeness (QED) is 0.675. The van der Waals surface area contributed by atoms with Gasteiger partial charge in [-0.25, -0.2) is 4.98 Å². The van der Waals surface area contributed by atoms with Crippen molar-refractivity contribution in [2.24, 2.45) is 5.73 Å².